The number of fused-ring (bicyclic) bond motifs is 1. The molecule has 1 heterocycles. The molecular formula is C17H14O4. The Bertz CT molecular complexity index is 784. The van der Waals surface area contributed by atoms with Crippen molar-refractivity contribution in [3.63, 3.8) is 0 Å². The summed E-state index contributed by atoms with van der Waals surface area (Å²) in [6.45, 7) is 0. The van der Waals surface area contributed by atoms with E-state index in [1.165, 1.54) is 0 Å². The van der Waals surface area contributed by atoms with Crippen molar-refractivity contribution in [3.05, 3.63) is 59.9 Å². The average Bonchev–Trinajstić information content (AvgIpc) is 2.97. The number of methoxy groups -OCH3 is 2. The van der Waals surface area contributed by atoms with Gasteiger partial charge in [0.15, 0.2) is 5.76 Å². The summed E-state index contributed by atoms with van der Waals surface area (Å²) >= 11 is 0. The zero-order valence-electron chi connectivity index (χ0n) is 11.8. The molecule has 0 saturated carbocycles. The van der Waals surface area contributed by atoms with Gasteiger partial charge in [-0.1, -0.05) is 0 Å². The molecule has 1 aromatic heterocycles. The second kappa shape index (κ2) is 5.32. The summed E-state index contributed by atoms with van der Waals surface area (Å²) in [5.74, 6) is 1.59. The molecule has 106 valence electrons. The molecule has 21 heavy (non-hydrogen) atoms. The van der Waals surface area contributed by atoms with Crippen LogP contribution >= 0.6 is 0 Å². The number of hydrogen-bond donors (Lipinski definition) is 0. The van der Waals surface area contributed by atoms with Crippen LogP contribution < -0.4 is 9.47 Å². The lowest BCUT2D eigenvalue weighted by Gasteiger charge is -2.00. The van der Waals surface area contributed by atoms with Crippen LogP contribution in [0.4, 0.5) is 0 Å². The van der Waals surface area contributed by atoms with Gasteiger partial charge < -0.3 is 13.9 Å². The molecule has 0 unspecified atom stereocenters. The van der Waals surface area contributed by atoms with E-state index in [1.807, 2.05) is 6.07 Å². The first-order valence-corrected chi connectivity index (χ1v) is 6.47. The molecule has 0 atom stereocenters. The van der Waals surface area contributed by atoms with Gasteiger partial charge in [0.2, 0.25) is 5.78 Å². The van der Waals surface area contributed by atoms with Gasteiger partial charge in [0.25, 0.3) is 0 Å². The largest absolute Gasteiger partial charge is 0.497 e. The highest BCUT2D eigenvalue weighted by Crippen LogP contribution is 2.26. The standard InChI is InChI=1S/C17H14O4/c1-19-13-5-3-11(4-6-13)17(18)16-10-12-9-14(20-2)7-8-15(12)21-16/h3-10H,1-2H3. The summed E-state index contributed by atoms with van der Waals surface area (Å²) in [5, 5.41) is 0.839. The Morgan fingerprint density at radius 3 is 2.24 bits per heavy atom. The first-order valence-electron chi connectivity index (χ1n) is 6.47. The van der Waals surface area contributed by atoms with Crippen molar-refractivity contribution in [1.82, 2.24) is 0 Å². The number of ether oxygens (including phenoxy) is 2. The van der Waals surface area contributed by atoms with E-state index in [9.17, 15) is 4.79 Å². The summed E-state index contributed by atoms with van der Waals surface area (Å²) in [7, 11) is 3.19. The lowest BCUT2D eigenvalue weighted by atomic mass is 10.1. The van der Waals surface area contributed by atoms with E-state index in [4.69, 9.17) is 13.9 Å². The minimum atomic E-state index is -0.159. The second-order valence-corrected chi connectivity index (χ2v) is 4.57. The summed E-state index contributed by atoms with van der Waals surface area (Å²) in [6, 6.07) is 14.1. The van der Waals surface area contributed by atoms with E-state index in [0.717, 1.165) is 11.1 Å². The molecular weight excluding hydrogens is 268 g/mol. The van der Waals surface area contributed by atoms with Crippen molar-refractivity contribution in [3.8, 4) is 11.5 Å². The van der Waals surface area contributed by atoms with E-state index in [-0.39, 0.29) is 5.78 Å². The van der Waals surface area contributed by atoms with Crippen LogP contribution in [0.15, 0.2) is 52.9 Å². The molecule has 4 nitrogen and oxygen atoms in total. The number of carbonyl (C=O) groups is 1. The van der Waals surface area contributed by atoms with Crippen molar-refractivity contribution < 1.29 is 18.7 Å². The van der Waals surface area contributed by atoms with Crippen LogP contribution in [-0.2, 0) is 0 Å². The van der Waals surface area contributed by atoms with Crippen LogP contribution in [0.1, 0.15) is 16.1 Å². The Balaban J connectivity index is 1.96. The predicted molar refractivity (Wildman–Crippen MR) is 79.2 cm³/mol. The Morgan fingerprint density at radius 1 is 0.905 bits per heavy atom. The lowest BCUT2D eigenvalue weighted by Crippen LogP contribution is -1.99. The summed E-state index contributed by atoms with van der Waals surface area (Å²) in [5.41, 5.74) is 1.22. The number of carbonyl (C=O) groups excluding carboxylic acids is 1. The molecule has 0 saturated heterocycles. The zero-order chi connectivity index (χ0) is 14.8. The summed E-state index contributed by atoms with van der Waals surface area (Å²) in [6.07, 6.45) is 0. The first-order chi connectivity index (χ1) is 10.2. The lowest BCUT2D eigenvalue weighted by molar-refractivity contribution is 0.101. The average molecular weight is 282 g/mol. The molecule has 4 heteroatoms. The normalized spacial score (nSPS) is 10.6. The molecule has 0 bridgehead atoms. The fourth-order valence-electron chi connectivity index (χ4n) is 2.14. The predicted octanol–water partition coefficient (Wildman–Crippen LogP) is 3.68. The van der Waals surface area contributed by atoms with Crippen LogP contribution in [0.3, 0.4) is 0 Å². The molecule has 0 aliphatic heterocycles. The van der Waals surface area contributed by atoms with Crippen molar-refractivity contribution in [1.29, 1.82) is 0 Å². The van der Waals surface area contributed by atoms with Crippen LogP contribution in [0.25, 0.3) is 11.0 Å². The van der Waals surface area contributed by atoms with Gasteiger partial charge in [-0.05, 0) is 48.5 Å². The maximum atomic E-state index is 12.4. The molecule has 0 aliphatic carbocycles. The Labute approximate surface area is 121 Å². The van der Waals surface area contributed by atoms with Gasteiger partial charge >= 0.3 is 0 Å². The third-order valence-corrected chi connectivity index (χ3v) is 3.30. The molecule has 0 fully saturated rings. The quantitative estimate of drug-likeness (QED) is 0.685. The monoisotopic (exact) mass is 282 g/mol. The summed E-state index contributed by atoms with van der Waals surface area (Å²) in [4.78, 5) is 12.4. The van der Waals surface area contributed by atoms with E-state index < -0.39 is 0 Å². The minimum Gasteiger partial charge on any atom is -0.497 e. The van der Waals surface area contributed by atoms with Crippen LogP contribution in [0, 0.1) is 0 Å². The molecule has 2 aromatic carbocycles. The van der Waals surface area contributed by atoms with Crippen LogP contribution in [0.2, 0.25) is 0 Å². The van der Waals surface area contributed by atoms with Crippen LogP contribution in [0.5, 0.6) is 11.5 Å². The first kappa shape index (κ1) is 13.2. The van der Waals surface area contributed by atoms with E-state index in [1.54, 1.807) is 56.7 Å². The molecule has 3 aromatic rings. The highest BCUT2D eigenvalue weighted by Gasteiger charge is 2.15. The third-order valence-electron chi connectivity index (χ3n) is 3.30. The van der Waals surface area contributed by atoms with Crippen molar-refractivity contribution in [2.75, 3.05) is 14.2 Å². The van der Waals surface area contributed by atoms with Crippen molar-refractivity contribution in [2.45, 2.75) is 0 Å². The van der Waals surface area contributed by atoms with E-state index >= 15 is 0 Å². The maximum Gasteiger partial charge on any atom is 0.228 e. The van der Waals surface area contributed by atoms with Crippen LogP contribution in [-0.4, -0.2) is 20.0 Å². The maximum absolute atomic E-state index is 12.4. The zero-order valence-corrected chi connectivity index (χ0v) is 11.8. The number of hydrogen-bond acceptors (Lipinski definition) is 4. The van der Waals surface area contributed by atoms with Gasteiger partial charge in [-0.3, -0.25) is 4.79 Å². The molecule has 3 rings (SSSR count). The van der Waals surface area contributed by atoms with E-state index in [0.29, 0.717) is 22.7 Å². The van der Waals surface area contributed by atoms with Gasteiger partial charge in [0, 0.05) is 10.9 Å². The Kier molecular flexibility index (Phi) is 3.36. The third kappa shape index (κ3) is 2.48. The van der Waals surface area contributed by atoms with Gasteiger partial charge in [0.05, 0.1) is 14.2 Å². The highest BCUT2D eigenvalue weighted by atomic mass is 16.5. The smallest absolute Gasteiger partial charge is 0.228 e. The second-order valence-electron chi connectivity index (χ2n) is 4.57. The van der Waals surface area contributed by atoms with Gasteiger partial charge in [-0.2, -0.15) is 0 Å². The molecule has 0 aliphatic rings. The van der Waals surface area contributed by atoms with Gasteiger partial charge in [-0.15, -0.1) is 0 Å². The van der Waals surface area contributed by atoms with Gasteiger partial charge in [0.1, 0.15) is 17.1 Å². The summed E-state index contributed by atoms with van der Waals surface area (Å²) < 4.78 is 15.8. The number of benzene rings is 2. The Hall–Kier alpha value is -2.75. The molecule has 0 N–H and O–H groups in total. The molecule has 0 spiro atoms. The molecule has 0 amide bonds. The number of furan rings is 1. The minimum absolute atomic E-state index is 0.159. The van der Waals surface area contributed by atoms with E-state index in [2.05, 4.69) is 0 Å². The van der Waals surface area contributed by atoms with Gasteiger partial charge in [-0.25, -0.2) is 0 Å². The highest BCUT2D eigenvalue weighted by molar-refractivity contribution is 6.09. The van der Waals surface area contributed by atoms with Crippen molar-refractivity contribution >= 4 is 16.8 Å². The fourth-order valence-corrected chi connectivity index (χ4v) is 2.14. The van der Waals surface area contributed by atoms with Crippen molar-refractivity contribution in [2.24, 2.45) is 0 Å². The number of ketones is 1. The Morgan fingerprint density at radius 2 is 1.57 bits per heavy atom. The number of rotatable bonds is 4. The molecule has 0 radical (unpaired) electrons. The fraction of sp³-hybridized carbons (Fsp3) is 0.118. The topological polar surface area (TPSA) is 48.7 Å². The SMILES string of the molecule is COc1ccc(C(=O)c2cc3cc(OC)ccc3o2)cc1.